The molecule has 4 aromatic rings. The number of rotatable bonds is 4. The average Bonchev–Trinajstić information content (AvgIpc) is 3.29. The maximum absolute atomic E-state index is 12.9. The Kier molecular flexibility index (Phi) is 5.96. The number of nitrogens with zero attached hydrogens (tertiary/aromatic N) is 4. The summed E-state index contributed by atoms with van der Waals surface area (Å²) in [6.45, 7) is 2.82. The smallest absolute Gasteiger partial charge is 0.321 e. The first-order valence-corrected chi connectivity index (χ1v) is 13.0. The molecule has 0 unspecified atom stereocenters. The van der Waals surface area contributed by atoms with Crippen LogP contribution in [-0.4, -0.2) is 47.1 Å². The number of anilines is 2. The Morgan fingerprint density at radius 3 is 2.43 bits per heavy atom. The summed E-state index contributed by atoms with van der Waals surface area (Å²) >= 11 is 1.82. The maximum Gasteiger partial charge on any atom is 0.321 e. The highest BCUT2D eigenvalue weighted by atomic mass is 32.1. The quantitative estimate of drug-likeness (QED) is 0.401. The van der Waals surface area contributed by atoms with E-state index in [1.165, 1.54) is 28.7 Å². The van der Waals surface area contributed by atoms with E-state index in [0.717, 1.165) is 53.8 Å². The van der Waals surface area contributed by atoms with Gasteiger partial charge in [0.05, 0.1) is 5.39 Å². The number of amides is 2. The van der Waals surface area contributed by atoms with E-state index in [0.29, 0.717) is 13.1 Å². The number of hydrogen-bond donors (Lipinski definition) is 1. The van der Waals surface area contributed by atoms with Crippen molar-refractivity contribution in [3.05, 3.63) is 71.4 Å². The molecule has 1 fully saturated rings. The number of piperazine rings is 1. The molecule has 8 heteroatoms. The van der Waals surface area contributed by atoms with Gasteiger partial charge in [0.1, 0.15) is 28.5 Å². The van der Waals surface area contributed by atoms with E-state index in [-0.39, 0.29) is 6.03 Å². The molecule has 35 heavy (non-hydrogen) atoms. The van der Waals surface area contributed by atoms with Crippen molar-refractivity contribution < 1.29 is 9.53 Å². The number of benzene rings is 2. The highest BCUT2D eigenvalue weighted by Gasteiger charge is 2.26. The van der Waals surface area contributed by atoms with Crippen LogP contribution in [0.15, 0.2) is 60.9 Å². The van der Waals surface area contributed by atoms with Gasteiger partial charge in [0.15, 0.2) is 0 Å². The van der Waals surface area contributed by atoms with E-state index >= 15 is 0 Å². The monoisotopic (exact) mass is 485 g/mol. The molecular formula is C27H27N5O2S. The summed E-state index contributed by atoms with van der Waals surface area (Å²) in [4.78, 5) is 28.9. The first kappa shape index (κ1) is 21.9. The van der Waals surface area contributed by atoms with Crippen molar-refractivity contribution in [2.45, 2.75) is 25.7 Å². The fourth-order valence-electron chi connectivity index (χ4n) is 4.87. The number of para-hydroxylation sites is 1. The lowest BCUT2D eigenvalue weighted by Crippen LogP contribution is -2.50. The molecule has 7 nitrogen and oxygen atoms in total. The summed E-state index contributed by atoms with van der Waals surface area (Å²) in [5, 5.41) is 4.25. The lowest BCUT2D eigenvalue weighted by Gasteiger charge is -2.35. The van der Waals surface area contributed by atoms with Gasteiger partial charge in [0.2, 0.25) is 0 Å². The minimum absolute atomic E-state index is 0.0814. The normalized spacial score (nSPS) is 15.7. The molecule has 0 radical (unpaired) electrons. The third kappa shape index (κ3) is 4.53. The van der Waals surface area contributed by atoms with Crippen LogP contribution in [0.2, 0.25) is 0 Å². The molecule has 1 N–H and O–H groups in total. The Labute approximate surface area is 208 Å². The number of carbonyl (C=O) groups excluding carboxylic acids is 1. The van der Waals surface area contributed by atoms with Gasteiger partial charge in [-0.15, -0.1) is 11.3 Å². The predicted octanol–water partition coefficient (Wildman–Crippen LogP) is 5.72. The van der Waals surface area contributed by atoms with Gasteiger partial charge in [0.25, 0.3) is 0 Å². The predicted molar refractivity (Wildman–Crippen MR) is 140 cm³/mol. The number of ether oxygens (including phenoxy) is 1. The minimum Gasteiger partial charge on any atom is -0.457 e. The summed E-state index contributed by atoms with van der Waals surface area (Å²) in [6, 6.07) is 17.0. The molecule has 3 heterocycles. The lowest BCUT2D eigenvalue weighted by molar-refractivity contribution is 0.208. The highest BCUT2D eigenvalue weighted by molar-refractivity contribution is 7.19. The molecule has 1 aliphatic heterocycles. The summed E-state index contributed by atoms with van der Waals surface area (Å²) in [6.07, 6.45) is 6.46. The standard InChI is InChI=1S/C27H27N5O2S/c33-27(30-19-10-12-21(13-11-19)34-20-6-2-1-3-7-20)32-16-14-31(15-17-32)25-24-22-8-4-5-9-23(22)35-26(24)29-18-28-25/h1-3,6-7,10-13,18H,4-5,8-9,14-17H2,(H,30,33). The number of aryl methyl sites for hydroxylation is 2. The Morgan fingerprint density at radius 1 is 0.886 bits per heavy atom. The number of aromatic nitrogens is 2. The van der Waals surface area contributed by atoms with Gasteiger partial charge in [-0.3, -0.25) is 0 Å². The van der Waals surface area contributed by atoms with Crippen LogP contribution < -0.4 is 15.0 Å². The van der Waals surface area contributed by atoms with Crippen molar-refractivity contribution >= 4 is 39.1 Å². The largest absolute Gasteiger partial charge is 0.457 e. The van der Waals surface area contributed by atoms with Crippen molar-refractivity contribution in [2.75, 3.05) is 36.4 Å². The fraction of sp³-hybridized carbons (Fsp3) is 0.296. The number of hydrogen-bond acceptors (Lipinski definition) is 6. The molecule has 0 bridgehead atoms. The fourth-order valence-corrected chi connectivity index (χ4v) is 6.09. The molecule has 6 rings (SSSR count). The van der Waals surface area contributed by atoms with Crippen molar-refractivity contribution in [3.8, 4) is 11.5 Å². The summed E-state index contributed by atoms with van der Waals surface area (Å²) in [5.41, 5.74) is 2.20. The third-order valence-electron chi connectivity index (χ3n) is 6.68. The zero-order chi connectivity index (χ0) is 23.6. The van der Waals surface area contributed by atoms with Crippen LogP contribution in [0.1, 0.15) is 23.3 Å². The van der Waals surface area contributed by atoms with E-state index in [9.17, 15) is 4.79 Å². The van der Waals surface area contributed by atoms with Crippen LogP contribution in [0.3, 0.4) is 0 Å². The molecule has 0 saturated carbocycles. The first-order valence-electron chi connectivity index (χ1n) is 12.1. The molecule has 2 aliphatic rings. The summed E-state index contributed by atoms with van der Waals surface area (Å²) < 4.78 is 5.83. The van der Waals surface area contributed by atoms with E-state index < -0.39 is 0 Å². The van der Waals surface area contributed by atoms with Gasteiger partial charge in [-0.25, -0.2) is 14.8 Å². The van der Waals surface area contributed by atoms with Crippen LogP contribution in [0, 0.1) is 0 Å². The molecular weight excluding hydrogens is 458 g/mol. The Hall–Kier alpha value is -3.65. The SMILES string of the molecule is O=C(Nc1ccc(Oc2ccccc2)cc1)N1CCN(c2ncnc3sc4c(c23)CCCC4)CC1. The van der Waals surface area contributed by atoms with E-state index in [4.69, 9.17) is 4.74 Å². The van der Waals surface area contributed by atoms with Crippen LogP contribution in [0.25, 0.3) is 10.2 Å². The maximum atomic E-state index is 12.9. The minimum atomic E-state index is -0.0814. The van der Waals surface area contributed by atoms with Crippen molar-refractivity contribution in [1.29, 1.82) is 0 Å². The molecule has 0 spiro atoms. The molecule has 2 aromatic heterocycles. The van der Waals surface area contributed by atoms with Gasteiger partial charge in [-0.05, 0) is 67.6 Å². The van der Waals surface area contributed by atoms with Crippen LogP contribution in [0.5, 0.6) is 11.5 Å². The number of nitrogens with one attached hydrogen (secondary N) is 1. The highest BCUT2D eigenvalue weighted by Crippen LogP contribution is 2.39. The topological polar surface area (TPSA) is 70.6 Å². The van der Waals surface area contributed by atoms with E-state index in [1.54, 1.807) is 6.33 Å². The molecule has 2 amide bonds. The van der Waals surface area contributed by atoms with Gasteiger partial charge >= 0.3 is 6.03 Å². The third-order valence-corrected chi connectivity index (χ3v) is 7.88. The van der Waals surface area contributed by atoms with Gasteiger partial charge in [0, 0.05) is 36.7 Å². The zero-order valence-electron chi connectivity index (χ0n) is 19.4. The van der Waals surface area contributed by atoms with Crippen LogP contribution in [0.4, 0.5) is 16.3 Å². The Balaban J connectivity index is 1.08. The van der Waals surface area contributed by atoms with Crippen molar-refractivity contribution in [1.82, 2.24) is 14.9 Å². The van der Waals surface area contributed by atoms with Gasteiger partial charge < -0.3 is 19.9 Å². The molecule has 2 aromatic carbocycles. The second kappa shape index (κ2) is 9.54. The second-order valence-corrected chi connectivity index (χ2v) is 10.0. The average molecular weight is 486 g/mol. The zero-order valence-corrected chi connectivity index (χ0v) is 20.3. The van der Waals surface area contributed by atoms with E-state index in [1.807, 2.05) is 70.8 Å². The van der Waals surface area contributed by atoms with Crippen LogP contribution >= 0.6 is 11.3 Å². The first-order chi connectivity index (χ1) is 17.2. The van der Waals surface area contributed by atoms with E-state index in [2.05, 4.69) is 20.2 Å². The number of fused-ring (bicyclic) bond motifs is 3. The van der Waals surface area contributed by atoms with Crippen LogP contribution in [-0.2, 0) is 12.8 Å². The lowest BCUT2D eigenvalue weighted by atomic mass is 9.97. The molecule has 1 saturated heterocycles. The molecule has 1 aliphatic carbocycles. The van der Waals surface area contributed by atoms with Crippen molar-refractivity contribution in [3.63, 3.8) is 0 Å². The number of thiophene rings is 1. The summed E-state index contributed by atoms with van der Waals surface area (Å²) in [5.74, 6) is 2.55. The van der Waals surface area contributed by atoms with Gasteiger partial charge in [-0.2, -0.15) is 0 Å². The Morgan fingerprint density at radius 2 is 1.63 bits per heavy atom. The number of urea groups is 1. The number of carbonyl (C=O) groups is 1. The molecule has 178 valence electrons. The molecule has 0 atom stereocenters. The van der Waals surface area contributed by atoms with Crippen molar-refractivity contribution in [2.24, 2.45) is 0 Å². The second-order valence-electron chi connectivity index (χ2n) is 8.93. The summed E-state index contributed by atoms with van der Waals surface area (Å²) in [7, 11) is 0. The van der Waals surface area contributed by atoms with Gasteiger partial charge in [-0.1, -0.05) is 18.2 Å². The Bertz CT molecular complexity index is 1330.